The van der Waals surface area contributed by atoms with Gasteiger partial charge in [-0.05, 0) is 51.2 Å². The van der Waals surface area contributed by atoms with Crippen molar-refractivity contribution in [1.82, 2.24) is 15.0 Å². The van der Waals surface area contributed by atoms with Crippen LogP contribution in [0.2, 0.25) is 0 Å². The summed E-state index contributed by atoms with van der Waals surface area (Å²) >= 11 is 0. The fraction of sp³-hybridized carbons (Fsp3) is 0.565. The van der Waals surface area contributed by atoms with Crippen molar-refractivity contribution in [2.45, 2.75) is 52.4 Å². The van der Waals surface area contributed by atoms with Crippen molar-refractivity contribution < 1.29 is 9.90 Å². The average Bonchev–Trinajstić information content (AvgIpc) is 2.79. The maximum Gasteiger partial charge on any atom is 0.308 e. The molecule has 2 aliphatic heterocycles. The molecule has 4 heterocycles. The van der Waals surface area contributed by atoms with Gasteiger partial charge in [-0.2, -0.15) is 0 Å². The Morgan fingerprint density at radius 1 is 1.26 bits per heavy atom. The van der Waals surface area contributed by atoms with Crippen LogP contribution >= 0.6 is 0 Å². The minimum atomic E-state index is -0.816. The Hall–Kier alpha value is -2.90. The monoisotopic (exact) mass is 424 g/mol. The lowest BCUT2D eigenvalue weighted by Gasteiger charge is -2.34. The first-order chi connectivity index (χ1) is 14.9. The molecule has 4 rings (SSSR count). The second-order valence-corrected chi connectivity index (χ2v) is 8.72. The van der Waals surface area contributed by atoms with Crippen LogP contribution in [0.25, 0.3) is 0 Å². The van der Waals surface area contributed by atoms with Gasteiger partial charge in [-0.25, -0.2) is 15.0 Å². The SMILES string of the molecule is Cc1nc(NC[C@H](C)C(=O)O)c(C)c(N2CCC(c3ccc4c(n3)NCCC4)CC2)n1. The van der Waals surface area contributed by atoms with Crippen LogP contribution in [0.4, 0.5) is 17.5 Å². The fourth-order valence-electron chi connectivity index (χ4n) is 4.39. The second kappa shape index (κ2) is 9.08. The quantitative estimate of drug-likeness (QED) is 0.649. The molecule has 3 N–H and O–H groups in total. The van der Waals surface area contributed by atoms with E-state index in [0.29, 0.717) is 18.3 Å². The summed E-state index contributed by atoms with van der Waals surface area (Å²) in [5.74, 6) is 2.59. The number of carboxylic acids is 1. The van der Waals surface area contributed by atoms with Crippen molar-refractivity contribution >= 4 is 23.4 Å². The number of aliphatic carboxylic acids is 1. The maximum absolute atomic E-state index is 11.1. The third-order valence-corrected chi connectivity index (χ3v) is 6.36. The van der Waals surface area contributed by atoms with Gasteiger partial charge < -0.3 is 20.6 Å². The molecular weight excluding hydrogens is 392 g/mol. The number of anilines is 3. The Balaban J connectivity index is 1.44. The Bertz CT molecular complexity index is 955. The molecule has 0 aromatic carbocycles. The van der Waals surface area contributed by atoms with E-state index in [4.69, 9.17) is 15.1 Å². The van der Waals surface area contributed by atoms with Crippen molar-refractivity contribution in [3.05, 3.63) is 34.8 Å². The van der Waals surface area contributed by atoms with Gasteiger partial charge in [0.1, 0.15) is 23.3 Å². The number of pyridine rings is 1. The number of carbonyl (C=O) groups is 1. The van der Waals surface area contributed by atoms with Crippen LogP contribution in [0, 0.1) is 19.8 Å². The van der Waals surface area contributed by atoms with Crippen LogP contribution in [0.5, 0.6) is 0 Å². The van der Waals surface area contributed by atoms with Gasteiger partial charge >= 0.3 is 5.97 Å². The number of hydrogen-bond acceptors (Lipinski definition) is 7. The van der Waals surface area contributed by atoms with E-state index < -0.39 is 11.9 Å². The van der Waals surface area contributed by atoms with Crippen molar-refractivity contribution in [2.24, 2.45) is 5.92 Å². The van der Waals surface area contributed by atoms with Gasteiger partial charge in [0, 0.05) is 43.4 Å². The molecule has 1 fully saturated rings. The Labute approximate surface area is 183 Å². The van der Waals surface area contributed by atoms with E-state index in [1.807, 2.05) is 13.8 Å². The summed E-state index contributed by atoms with van der Waals surface area (Å²) in [4.78, 5) is 27.6. The van der Waals surface area contributed by atoms with E-state index in [1.54, 1.807) is 6.92 Å². The van der Waals surface area contributed by atoms with E-state index in [1.165, 1.54) is 17.7 Å². The number of rotatable bonds is 6. The first-order valence-corrected chi connectivity index (χ1v) is 11.2. The maximum atomic E-state index is 11.1. The normalized spacial score (nSPS) is 17.6. The molecule has 166 valence electrons. The zero-order chi connectivity index (χ0) is 22.0. The molecule has 0 bridgehead atoms. The van der Waals surface area contributed by atoms with Crippen molar-refractivity contribution in [1.29, 1.82) is 0 Å². The summed E-state index contributed by atoms with van der Waals surface area (Å²) < 4.78 is 0. The van der Waals surface area contributed by atoms with Gasteiger partial charge in [0.25, 0.3) is 0 Å². The summed E-state index contributed by atoms with van der Waals surface area (Å²) in [6.07, 6.45) is 4.36. The number of aryl methyl sites for hydroxylation is 2. The Morgan fingerprint density at radius 2 is 2.03 bits per heavy atom. The van der Waals surface area contributed by atoms with Crippen molar-refractivity contribution in [2.75, 3.05) is 41.7 Å². The number of carboxylic acid groups (broad SMARTS) is 1. The molecule has 0 aliphatic carbocycles. The van der Waals surface area contributed by atoms with Crippen LogP contribution in [-0.4, -0.2) is 52.2 Å². The standard InChI is InChI=1S/C23H32N6O2/c1-14(23(30)31)13-25-20-15(2)22(27-16(3)26-20)29-11-8-17(9-12-29)19-7-6-18-5-4-10-24-21(18)28-19/h6-7,14,17H,4-5,8-13H2,1-3H3,(H,24,28)(H,30,31)(H,25,26,27)/t14-/m0/s1. The molecule has 8 nitrogen and oxygen atoms in total. The largest absolute Gasteiger partial charge is 0.481 e. The number of aromatic nitrogens is 3. The van der Waals surface area contributed by atoms with Crippen LogP contribution < -0.4 is 15.5 Å². The summed E-state index contributed by atoms with van der Waals surface area (Å²) in [7, 11) is 0. The lowest BCUT2D eigenvalue weighted by molar-refractivity contribution is -0.140. The summed E-state index contributed by atoms with van der Waals surface area (Å²) in [5.41, 5.74) is 3.49. The predicted octanol–water partition coefficient (Wildman–Crippen LogP) is 3.36. The lowest BCUT2D eigenvalue weighted by atomic mass is 9.92. The fourth-order valence-corrected chi connectivity index (χ4v) is 4.39. The number of fused-ring (bicyclic) bond motifs is 1. The van der Waals surface area contributed by atoms with E-state index in [-0.39, 0.29) is 0 Å². The molecule has 8 heteroatoms. The van der Waals surface area contributed by atoms with E-state index in [9.17, 15) is 4.79 Å². The Morgan fingerprint density at radius 3 is 2.77 bits per heavy atom. The summed E-state index contributed by atoms with van der Waals surface area (Å²) in [5, 5.41) is 15.8. The van der Waals surface area contributed by atoms with Gasteiger partial charge in [0.15, 0.2) is 0 Å². The number of hydrogen-bond donors (Lipinski definition) is 3. The zero-order valence-corrected chi connectivity index (χ0v) is 18.6. The highest BCUT2D eigenvalue weighted by Gasteiger charge is 2.25. The molecule has 0 amide bonds. The predicted molar refractivity (Wildman–Crippen MR) is 122 cm³/mol. The molecule has 0 saturated carbocycles. The second-order valence-electron chi connectivity index (χ2n) is 8.72. The third-order valence-electron chi connectivity index (χ3n) is 6.36. The highest BCUT2D eigenvalue weighted by Crippen LogP contribution is 2.33. The molecule has 1 atom stereocenters. The average molecular weight is 425 g/mol. The van der Waals surface area contributed by atoms with Gasteiger partial charge in [0.05, 0.1) is 5.92 Å². The molecule has 2 aromatic rings. The number of nitrogens with zero attached hydrogens (tertiary/aromatic N) is 4. The van der Waals surface area contributed by atoms with E-state index >= 15 is 0 Å². The molecule has 1 saturated heterocycles. The zero-order valence-electron chi connectivity index (χ0n) is 18.6. The topological polar surface area (TPSA) is 103 Å². The smallest absolute Gasteiger partial charge is 0.308 e. The molecular formula is C23H32N6O2. The van der Waals surface area contributed by atoms with Gasteiger partial charge in [-0.3, -0.25) is 4.79 Å². The Kier molecular flexibility index (Phi) is 6.25. The summed E-state index contributed by atoms with van der Waals surface area (Å²) in [6.45, 7) is 8.76. The molecule has 0 unspecified atom stereocenters. The molecule has 31 heavy (non-hydrogen) atoms. The van der Waals surface area contributed by atoms with E-state index in [2.05, 4.69) is 32.7 Å². The van der Waals surface area contributed by atoms with Gasteiger partial charge in [0.2, 0.25) is 0 Å². The molecule has 0 radical (unpaired) electrons. The molecule has 2 aromatic heterocycles. The van der Waals surface area contributed by atoms with Crippen LogP contribution in [0.3, 0.4) is 0 Å². The number of piperidine rings is 1. The van der Waals surface area contributed by atoms with Crippen LogP contribution in [0.1, 0.15) is 54.7 Å². The third kappa shape index (κ3) is 4.73. The molecule has 2 aliphatic rings. The minimum absolute atomic E-state index is 0.339. The summed E-state index contributed by atoms with van der Waals surface area (Å²) in [6, 6.07) is 4.45. The van der Waals surface area contributed by atoms with Gasteiger partial charge in [-0.1, -0.05) is 13.0 Å². The van der Waals surface area contributed by atoms with E-state index in [0.717, 1.165) is 61.9 Å². The molecule has 0 spiro atoms. The minimum Gasteiger partial charge on any atom is -0.481 e. The first-order valence-electron chi connectivity index (χ1n) is 11.2. The highest BCUT2D eigenvalue weighted by molar-refractivity contribution is 5.70. The van der Waals surface area contributed by atoms with Crippen LogP contribution in [0.15, 0.2) is 12.1 Å². The number of nitrogens with one attached hydrogen (secondary N) is 2. The highest BCUT2D eigenvalue weighted by atomic mass is 16.4. The lowest BCUT2D eigenvalue weighted by Crippen LogP contribution is -2.35. The first kappa shape index (κ1) is 21.3. The van der Waals surface area contributed by atoms with Crippen molar-refractivity contribution in [3.63, 3.8) is 0 Å². The van der Waals surface area contributed by atoms with Crippen LogP contribution in [-0.2, 0) is 11.2 Å². The van der Waals surface area contributed by atoms with Crippen molar-refractivity contribution in [3.8, 4) is 0 Å². The van der Waals surface area contributed by atoms with Gasteiger partial charge in [-0.15, -0.1) is 0 Å².